The lowest BCUT2D eigenvalue weighted by molar-refractivity contribution is 0.0972. The minimum atomic E-state index is -0.562. The van der Waals surface area contributed by atoms with Gasteiger partial charge in [-0.1, -0.05) is 12.1 Å². The molecular formula is C20H28IN5O2. The zero-order valence-electron chi connectivity index (χ0n) is 16.6. The van der Waals surface area contributed by atoms with Crippen molar-refractivity contribution in [2.45, 2.75) is 20.4 Å². The minimum absolute atomic E-state index is 0. The number of carbonyl (C=O) groups excluding carboxylic acids is 1. The molecular weight excluding hydrogens is 469 g/mol. The number of anilines is 1. The largest absolute Gasteiger partial charge is 0.454 e. The van der Waals surface area contributed by atoms with Gasteiger partial charge in [-0.2, -0.15) is 0 Å². The van der Waals surface area contributed by atoms with E-state index in [1.54, 1.807) is 19.2 Å². The molecule has 0 saturated carbocycles. The van der Waals surface area contributed by atoms with Crippen LogP contribution >= 0.6 is 24.0 Å². The Kier molecular flexibility index (Phi) is 7.73. The average Bonchev–Trinajstić information content (AvgIpc) is 3.14. The third kappa shape index (κ3) is 4.98. The van der Waals surface area contributed by atoms with E-state index in [1.807, 2.05) is 0 Å². The van der Waals surface area contributed by atoms with Gasteiger partial charge in [0, 0.05) is 38.9 Å². The first kappa shape index (κ1) is 22.1. The van der Waals surface area contributed by atoms with Crippen molar-refractivity contribution in [3.63, 3.8) is 0 Å². The molecule has 3 rings (SSSR count). The number of furan rings is 1. The monoisotopic (exact) mass is 497 g/mol. The Morgan fingerprint density at radius 1 is 1.18 bits per heavy atom. The van der Waals surface area contributed by atoms with Crippen LogP contribution in [0.4, 0.5) is 5.69 Å². The Bertz CT molecular complexity index is 841. The molecule has 1 aliphatic heterocycles. The van der Waals surface area contributed by atoms with E-state index in [0.717, 1.165) is 32.1 Å². The molecule has 0 bridgehead atoms. The van der Waals surface area contributed by atoms with E-state index in [9.17, 15) is 4.79 Å². The molecule has 0 spiro atoms. The van der Waals surface area contributed by atoms with Gasteiger partial charge in [0.05, 0.1) is 6.54 Å². The fourth-order valence-electron chi connectivity index (χ4n) is 3.34. The Balaban J connectivity index is 0.00000280. The Morgan fingerprint density at radius 2 is 1.89 bits per heavy atom. The van der Waals surface area contributed by atoms with E-state index < -0.39 is 5.91 Å². The van der Waals surface area contributed by atoms with Gasteiger partial charge in [0.2, 0.25) is 0 Å². The summed E-state index contributed by atoms with van der Waals surface area (Å²) in [7, 11) is 1.77. The van der Waals surface area contributed by atoms with Gasteiger partial charge in [0.25, 0.3) is 5.91 Å². The molecule has 3 N–H and O–H groups in total. The maximum Gasteiger partial charge on any atom is 0.284 e. The molecule has 8 heteroatoms. The van der Waals surface area contributed by atoms with Crippen LogP contribution in [0.2, 0.25) is 0 Å². The number of hydrogen-bond acceptors (Lipinski definition) is 4. The third-order valence-corrected chi connectivity index (χ3v) is 5.03. The summed E-state index contributed by atoms with van der Waals surface area (Å²) >= 11 is 0. The average molecular weight is 497 g/mol. The second-order valence-corrected chi connectivity index (χ2v) is 6.72. The SMILES string of the molecule is CN=C(NCc1ccc(C(N)=O)o1)N1CCN(c2cccc(C)c2C)CC1.I. The summed E-state index contributed by atoms with van der Waals surface area (Å²) in [6.45, 7) is 8.45. The molecule has 152 valence electrons. The van der Waals surface area contributed by atoms with E-state index in [2.05, 4.69) is 52.2 Å². The van der Waals surface area contributed by atoms with Gasteiger partial charge in [-0.3, -0.25) is 9.79 Å². The van der Waals surface area contributed by atoms with Crippen LogP contribution in [-0.4, -0.2) is 50.0 Å². The molecule has 0 unspecified atom stereocenters. The minimum Gasteiger partial charge on any atom is -0.454 e. The lowest BCUT2D eigenvalue weighted by Crippen LogP contribution is -2.52. The molecule has 0 atom stereocenters. The van der Waals surface area contributed by atoms with Crippen molar-refractivity contribution in [3.8, 4) is 0 Å². The molecule has 7 nitrogen and oxygen atoms in total. The summed E-state index contributed by atoms with van der Waals surface area (Å²) in [4.78, 5) is 20.2. The number of guanidine groups is 1. The maximum absolute atomic E-state index is 11.1. The summed E-state index contributed by atoms with van der Waals surface area (Å²) in [6, 6.07) is 9.80. The fraction of sp³-hybridized carbons (Fsp3) is 0.400. The highest BCUT2D eigenvalue weighted by molar-refractivity contribution is 14.0. The summed E-state index contributed by atoms with van der Waals surface area (Å²) in [5.74, 6) is 1.09. The van der Waals surface area contributed by atoms with Crippen LogP contribution in [0.1, 0.15) is 27.4 Å². The molecule has 2 heterocycles. The zero-order valence-corrected chi connectivity index (χ0v) is 18.9. The quantitative estimate of drug-likeness (QED) is 0.385. The number of halogens is 1. The van der Waals surface area contributed by atoms with Crippen molar-refractivity contribution in [3.05, 3.63) is 53.0 Å². The fourth-order valence-corrected chi connectivity index (χ4v) is 3.34. The number of aliphatic imine (C=N–C) groups is 1. The first-order valence-electron chi connectivity index (χ1n) is 9.15. The van der Waals surface area contributed by atoms with E-state index in [1.165, 1.54) is 16.8 Å². The zero-order chi connectivity index (χ0) is 19.4. The van der Waals surface area contributed by atoms with Crippen LogP contribution in [0, 0.1) is 13.8 Å². The molecule has 1 aliphatic rings. The standard InChI is InChI=1S/C20H27N5O2.HI/c1-14-5-4-6-17(15(14)2)24-9-11-25(12-10-24)20(22-3)23-13-16-7-8-18(27-16)19(21)26;/h4-8H,9-13H2,1-3H3,(H2,21,26)(H,22,23);1H. The number of aryl methyl sites for hydroxylation is 1. The van der Waals surface area contributed by atoms with Gasteiger partial charge in [-0.15, -0.1) is 24.0 Å². The third-order valence-electron chi connectivity index (χ3n) is 5.03. The highest BCUT2D eigenvalue weighted by Crippen LogP contribution is 2.23. The van der Waals surface area contributed by atoms with Gasteiger partial charge in [0.15, 0.2) is 11.7 Å². The van der Waals surface area contributed by atoms with Gasteiger partial charge in [-0.25, -0.2) is 0 Å². The number of primary amides is 1. The maximum atomic E-state index is 11.1. The van der Waals surface area contributed by atoms with Crippen molar-refractivity contribution in [1.82, 2.24) is 10.2 Å². The first-order valence-corrected chi connectivity index (χ1v) is 9.15. The normalized spacial score (nSPS) is 14.6. The summed E-state index contributed by atoms with van der Waals surface area (Å²) in [6.07, 6.45) is 0. The van der Waals surface area contributed by atoms with E-state index in [-0.39, 0.29) is 29.7 Å². The van der Waals surface area contributed by atoms with Crippen molar-refractivity contribution in [1.29, 1.82) is 0 Å². The lowest BCUT2D eigenvalue weighted by Gasteiger charge is -2.38. The van der Waals surface area contributed by atoms with Crippen LogP contribution in [0.15, 0.2) is 39.7 Å². The van der Waals surface area contributed by atoms with Gasteiger partial charge < -0.3 is 25.3 Å². The van der Waals surface area contributed by atoms with Crippen molar-refractivity contribution < 1.29 is 9.21 Å². The summed E-state index contributed by atoms with van der Waals surface area (Å²) in [5.41, 5.74) is 9.19. The second-order valence-electron chi connectivity index (χ2n) is 6.72. The molecule has 1 aromatic heterocycles. The molecule has 0 radical (unpaired) electrons. The number of piperazine rings is 1. The molecule has 1 saturated heterocycles. The van der Waals surface area contributed by atoms with Crippen molar-refractivity contribution >= 4 is 41.5 Å². The second kappa shape index (κ2) is 9.81. The number of rotatable bonds is 4. The topological polar surface area (TPSA) is 87.1 Å². The number of nitrogens with zero attached hydrogens (tertiary/aromatic N) is 3. The molecule has 1 fully saturated rings. The van der Waals surface area contributed by atoms with E-state index in [4.69, 9.17) is 10.2 Å². The predicted molar refractivity (Wildman–Crippen MR) is 123 cm³/mol. The number of hydrogen-bond donors (Lipinski definition) is 2. The highest BCUT2D eigenvalue weighted by Gasteiger charge is 2.21. The number of nitrogens with two attached hydrogens (primary N) is 1. The number of benzene rings is 1. The lowest BCUT2D eigenvalue weighted by atomic mass is 10.1. The smallest absolute Gasteiger partial charge is 0.284 e. The van der Waals surface area contributed by atoms with Crippen LogP contribution in [-0.2, 0) is 6.54 Å². The van der Waals surface area contributed by atoms with Crippen LogP contribution < -0.4 is 16.0 Å². The van der Waals surface area contributed by atoms with Gasteiger partial charge in [0.1, 0.15) is 5.76 Å². The molecule has 1 aromatic carbocycles. The molecule has 1 amide bonds. The van der Waals surface area contributed by atoms with Gasteiger partial charge in [-0.05, 0) is 43.2 Å². The number of amides is 1. The predicted octanol–water partition coefficient (Wildman–Crippen LogP) is 2.51. The van der Waals surface area contributed by atoms with Gasteiger partial charge >= 0.3 is 0 Å². The van der Waals surface area contributed by atoms with E-state index >= 15 is 0 Å². The van der Waals surface area contributed by atoms with Crippen molar-refractivity contribution in [2.24, 2.45) is 10.7 Å². The molecule has 28 heavy (non-hydrogen) atoms. The highest BCUT2D eigenvalue weighted by atomic mass is 127. The van der Waals surface area contributed by atoms with Crippen LogP contribution in [0.5, 0.6) is 0 Å². The summed E-state index contributed by atoms with van der Waals surface area (Å²) in [5, 5.41) is 3.29. The van der Waals surface area contributed by atoms with E-state index in [0.29, 0.717) is 12.3 Å². The molecule has 2 aromatic rings. The Morgan fingerprint density at radius 3 is 2.50 bits per heavy atom. The van der Waals surface area contributed by atoms with Crippen LogP contribution in [0.3, 0.4) is 0 Å². The Hall–Kier alpha value is -2.23. The number of nitrogens with one attached hydrogen (secondary N) is 1. The van der Waals surface area contributed by atoms with Crippen LogP contribution in [0.25, 0.3) is 0 Å². The molecule has 0 aliphatic carbocycles. The Labute approximate surface area is 183 Å². The number of carbonyl (C=O) groups is 1. The van der Waals surface area contributed by atoms with Crippen molar-refractivity contribution in [2.75, 3.05) is 38.1 Å². The summed E-state index contributed by atoms with van der Waals surface area (Å²) < 4.78 is 5.41. The first-order chi connectivity index (χ1) is 13.0.